The van der Waals surface area contributed by atoms with E-state index in [9.17, 15) is 0 Å². The summed E-state index contributed by atoms with van der Waals surface area (Å²) in [5, 5.41) is 4.79. The molecule has 0 bridgehead atoms. The maximum Gasteiger partial charge on any atom is 0.0861 e. The van der Waals surface area contributed by atoms with Gasteiger partial charge in [-0.25, -0.2) is 4.68 Å². The van der Waals surface area contributed by atoms with Gasteiger partial charge in [0.15, 0.2) is 0 Å². The zero-order valence-corrected chi connectivity index (χ0v) is 14.9. The lowest BCUT2D eigenvalue weighted by atomic mass is 10.2. The van der Waals surface area contributed by atoms with E-state index in [1.165, 1.54) is 5.56 Å². The van der Waals surface area contributed by atoms with Crippen LogP contribution in [0.15, 0.2) is 97.1 Å². The van der Waals surface area contributed by atoms with E-state index in [0.717, 1.165) is 22.6 Å². The van der Waals surface area contributed by atoms with Crippen LogP contribution >= 0.6 is 0 Å². The molecule has 4 aromatic rings. The normalized spacial score (nSPS) is 11.4. The van der Waals surface area contributed by atoms with Crippen LogP contribution in [-0.4, -0.2) is 9.78 Å². The van der Waals surface area contributed by atoms with Gasteiger partial charge in [-0.1, -0.05) is 91.0 Å². The molecule has 0 fully saturated rings. The number of para-hydroxylation sites is 1. The van der Waals surface area contributed by atoms with E-state index >= 15 is 0 Å². The number of aromatic nitrogens is 2. The Balaban J connectivity index is 1.69. The van der Waals surface area contributed by atoms with E-state index in [1.54, 1.807) is 0 Å². The molecule has 0 saturated carbocycles. The van der Waals surface area contributed by atoms with Crippen LogP contribution in [0.3, 0.4) is 0 Å². The fourth-order valence-corrected chi connectivity index (χ4v) is 2.88. The first-order valence-corrected chi connectivity index (χ1v) is 9.00. The molecule has 130 valence electrons. The standard InChI is InChI=1S/C25H20N2/c1-4-10-21(11-5-1)16-18-23-20-25(19-17-22-12-6-2-7-13-22)27(26-23)24-14-8-3-9-15-24/h1-20H/b18-16+,19-17+. The topological polar surface area (TPSA) is 17.8 Å². The van der Waals surface area contributed by atoms with Gasteiger partial charge in [0.05, 0.1) is 17.1 Å². The lowest BCUT2D eigenvalue weighted by molar-refractivity contribution is 0.867. The van der Waals surface area contributed by atoms with Gasteiger partial charge in [0.1, 0.15) is 0 Å². The van der Waals surface area contributed by atoms with Crippen molar-refractivity contribution in [1.82, 2.24) is 9.78 Å². The number of hydrogen-bond donors (Lipinski definition) is 0. The third-order valence-electron chi connectivity index (χ3n) is 4.25. The van der Waals surface area contributed by atoms with Gasteiger partial charge < -0.3 is 0 Å². The lowest BCUT2D eigenvalue weighted by Crippen LogP contribution is -1.98. The molecule has 0 unspecified atom stereocenters. The molecule has 0 aliphatic rings. The van der Waals surface area contributed by atoms with Crippen molar-refractivity contribution in [3.8, 4) is 5.69 Å². The second-order valence-corrected chi connectivity index (χ2v) is 6.23. The molecule has 1 aromatic heterocycles. The Kier molecular flexibility index (Phi) is 5.07. The van der Waals surface area contributed by atoms with Crippen LogP contribution in [0.25, 0.3) is 30.0 Å². The molecule has 0 N–H and O–H groups in total. The fraction of sp³-hybridized carbons (Fsp3) is 0. The third-order valence-corrected chi connectivity index (χ3v) is 4.25. The highest BCUT2D eigenvalue weighted by Crippen LogP contribution is 2.17. The van der Waals surface area contributed by atoms with Gasteiger partial charge in [0, 0.05) is 0 Å². The van der Waals surface area contributed by atoms with Crippen LogP contribution in [0, 0.1) is 0 Å². The Morgan fingerprint density at radius 1 is 0.556 bits per heavy atom. The third kappa shape index (κ3) is 4.31. The summed E-state index contributed by atoms with van der Waals surface area (Å²) in [6.45, 7) is 0. The van der Waals surface area contributed by atoms with Gasteiger partial charge in [-0.15, -0.1) is 0 Å². The molecule has 0 atom stereocenters. The second kappa shape index (κ2) is 8.15. The maximum atomic E-state index is 4.79. The summed E-state index contributed by atoms with van der Waals surface area (Å²) in [5.74, 6) is 0. The van der Waals surface area contributed by atoms with Crippen molar-refractivity contribution in [1.29, 1.82) is 0 Å². The molecule has 0 aliphatic carbocycles. The Labute approximate surface area is 159 Å². The molecular formula is C25H20N2. The summed E-state index contributed by atoms with van der Waals surface area (Å²) in [4.78, 5) is 0. The lowest BCUT2D eigenvalue weighted by Gasteiger charge is -2.03. The fourth-order valence-electron chi connectivity index (χ4n) is 2.88. The van der Waals surface area contributed by atoms with Crippen molar-refractivity contribution < 1.29 is 0 Å². The Morgan fingerprint density at radius 2 is 1.07 bits per heavy atom. The molecule has 0 spiro atoms. The molecular weight excluding hydrogens is 328 g/mol. The minimum atomic E-state index is 0.926. The van der Waals surface area contributed by atoms with Crippen LogP contribution in [0.5, 0.6) is 0 Å². The van der Waals surface area contributed by atoms with Gasteiger partial charge in [0.2, 0.25) is 0 Å². The van der Waals surface area contributed by atoms with Gasteiger partial charge in [0.25, 0.3) is 0 Å². The van der Waals surface area contributed by atoms with Gasteiger partial charge in [-0.3, -0.25) is 0 Å². The zero-order valence-electron chi connectivity index (χ0n) is 14.9. The Morgan fingerprint density at radius 3 is 1.67 bits per heavy atom. The van der Waals surface area contributed by atoms with Gasteiger partial charge >= 0.3 is 0 Å². The molecule has 3 aromatic carbocycles. The summed E-state index contributed by atoms with van der Waals surface area (Å²) in [6, 6.07) is 32.9. The predicted molar refractivity (Wildman–Crippen MR) is 114 cm³/mol. The zero-order chi connectivity index (χ0) is 18.3. The number of nitrogens with zero attached hydrogens (tertiary/aromatic N) is 2. The Hall–Kier alpha value is -3.65. The first-order chi connectivity index (χ1) is 13.4. The molecule has 0 radical (unpaired) electrons. The average Bonchev–Trinajstić information content (AvgIpc) is 3.16. The van der Waals surface area contributed by atoms with E-state index in [4.69, 9.17) is 5.10 Å². The molecule has 0 amide bonds. The second-order valence-electron chi connectivity index (χ2n) is 6.23. The van der Waals surface area contributed by atoms with E-state index in [2.05, 4.69) is 66.8 Å². The monoisotopic (exact) mass is 348 g/mol. The molecule has 2 heteroatoms. The largest absolute Gasteiger partial charge is 0.233 e. The van der Waals surface area contributed by atoms with E-state index in [0.29, 0.717) is 0 Å². The molecule has 2 nitrogen and oxygen atoms in total. The maximum absolute atomic E-state index is 4.79. The highest BCUT2D eigenvalue weighted by Gasteiger charge is 2.05. The van der Waals surface area contributed by atoms with Gasteiger partial charge in [-0.2, -0.15) is 5.10 Å². The number of rotatable bonds is 5. The van der Waals surface area contributed by atoms with E-state index in [-0.39, 0.29) is 0 Å². The van der Waals surface area contributed by atoms with Crippen molar-refractivity contribution in [3.05, 3.63) is 120 Å². The van der Waals surface area contributed by atoms with Crippen LogP contribution in [0.4, 0.5) is 0 Å². The summed E-state index contributed by atoms with van der Waals surface area (Å²) in [5.41, 5.74) is 5.34. The summed E-state index contributed by atoms with van der Waals surface area (Å²) in [7, 11) is 0. The van der Waals surface area contributed by atoms with Crippen LogP contribution in [-0.2, 0) is 0 Å². The smallest absolute Gasteiger partial charge is 0.0861 e. The average molecular weight is 348 g/mol. The Bertz CT molecular complexity index is 1040. The van der Waals surface area contributed by atoms with E-state index < -0.39 is 0 Å². The number of hydrogen-bond acceptors (Lipinski definition) is 1. The van der Waals surface area contributed by atoms with Crippen LogP contribution in [0.2, 0.25) is 0 Å². The summed E-state index contributed by atoms with van der Waals surface area (Å²) < 4.78 is 1.98. The summed E-state index contributed by atoms with van der Waals surface area (Å²) in [6.07, 6.45) is 8.35. The van der Waals surface area contributed by atoms with E-state index in [1.807, 2.05) is 59.3 Å². The summed E-state index contributed by atoms with van der Waals surface area (Å²) >= 11 is 0. The van der Waals surface area contributed by atoms with Gasteiger partial charge in [-0.05, 0) is 41.5 Å². The molecule has 27 heavy (non-hydrogen) atoms. The first-order valence-electron chi connectivity index (χ1n) is 9.00. The predicted octanol–water partition coefficient (Wildman–Crippen LogP) is 6.21. The van der Waals surface area contributed by atoms with Crippen LogP contribution in [0.1, 0.15) is 22.5 Å². The SMILES string of the molecule is C(=C\c1cc(/C=C/c2ccccc2)n(-c2ccccc2)n1)/c1ccccc1. The number of benzene rings is 3. The molecule has 1 heterocycles. The molecule has 4 rings (SSSR count). The molecule has 0 aliphatic heterocycles. The van der Waals surface area contributed by atoms with Crippen molar-refractivity contribution in [3.63, 3.8) is 0 Å². The van der Waals surface area contributed by atoms with Crippen molar-refractivity contribution in [2.24, 2.45) is 0 Å². The quantitative estimate of drug-likeness (QED) is 0.419. The molecule has 0 saturated heterocycles. The van der Waals surface area contributed by atoms with Crippen molar-refractivity contribution >= 4 is 24.3 Å². The van der Waals surface area contributed by atoms with Crippen LogP contribution < -0.4 is 0 Å². The highest BCUT2D eigenvalue weighted by atomic mass is 15.3. The highest BCUT2D eigenvalue weighted by molar-refractivity contribution is 5.73. The van der Waals surface area contributed by atoms with Crippen molar-refractivity contribution in [2.75, 3.05) is 0 Å². The minimum Gasteiger partial charge on any atom is -0.233 e. The minimum absolute atomic E-state index is 0.926. The van der Waals surface area contributed by atoms with Crippen molar-refractivity contribution in [2.45, 2.75) is 0 Å². The first kappa shape index (κ1) is 16.8.